The topological polar surface area (TPSA) is 69.7 Å². The van der Waals surface area contributed by atoms with E-state index in [1.807, 2.05) is 12.1 Å². The van der Waals surface area contributed by atoms with Crippen molar-refractivity contribution in [3.63, 3.8) is 0 Å². The standard InChI is InChI=1S/C24H32FN3O3S/c1-3-27(4-2)18-20-7-5-19(6-8-20)17-26-24(29)21-13-15-28(16-14-21)32(30,31)23-11-9-22(25)10-12-23/h5-12,21H,3-4,13-18H2,1-2H3,(H,26,29). The molecular weight excluding hydrogens is 429 g/mol. The lowest BCUT2D eigenvalue weighted by atomic mass is 9.97. The van der Waals surface area contributed by atoms with Gasteiger partial charge < -0.3 is 5.32 Å². The average Bonchev–Trinajstić information content (AvgIpc) is 2.82. The smallest absolute Gasteiger partial charge is 0.243 e. The SMILES string of the molecule is CCN(CC)Cc1ccc(CNC(=O)C2CCN(S(=O)(=O)c3ccc(F)cc3)CC2)cc1. The van der Waals surface area contributed by atoms with Crippen molar-refractivity contribution in [2.75, 3.05) is 26.2 Å². The maximum atomic E-state index is 13.1. The summed E-state index contributed by atoms with van der Waals surface area (Å²) in [5.41, 5.74) is 2.29. The number of rotatable bonds is 9. The van der Waals surface area contributed by atoms with Crippen LogP contribution >= 0.6 is 0 Å². The highest BCUT2D eigenvalue weighted by Crippen LogP contribution is 2.24. The van der Waals surface area contributed by atoms with Crippen molar-refractivity contribution in [3.05, 3.63) is 65.5 Å². The van der Waals surface area contributed by atoms with Gasteiger partial charge in [-0.25, -0.2) is 12.8 Å². The van der Waals surface area contributed by atoms with Crippen molar-refractivity contribution in [2.45, 2.75) is 44.7 Å². The van der Waals surface area contributed by atoms with Gasteiger partial charge in [-0.3, -0.25) is 9.69 Å². The molecule has 1 fully saturated rings. The van der Waals surface area contributed by atoms with Gasteiger partial charge in [0.15, 0.2) is 0 Å². The lowest BCUT2D eigenvalue weighted by Crippen LogP contribution is -2.42. The van der Waals surface area contributed by atoms with Gasteiger partial charge in [0.1, 0.15) is 5.82 Å². The van der Waals surface area contributed by atoms with E-state index in [-0.39, 0.29) is 29.8 Å². The van der Waals surface area contributed by atoms with Crippen LogP contribution in [0.4, 0.5) is 4.39 Å². The Morgan fingerprint density at radius 1 is 1.00 bits per heavy atom. The minimum absolute atomic E-state index is 0.0453. The molecule has 174 valence electrons. The van der Waals surface area contributed by atoms with Crippen molar-refractivity contribution in [1.82, 2.24) is 14.5 Å². The number of benzene rings is 2. The second-order valence-corrected chi connectivity index (χ2v) is 10.1. The lowest BCUT2D eigenvalue weighted by molar-refractivity contribution is -0.126. The fourth-order valence-corrected chi connectivity index (χ4v) is 5.39. The average molecular weight is 462 g/mol. The monoisotopic (exact) mass is 461 g/mol. The van der Waals surface area contributed by atoms with E-state index in [4.69, 9.17) is 0 Å². The van der Waals surface area contributed by atoms with Crippen molar-refractivity contribution in [2.24, 2.45) is 5.92 Å². The molecule has 0 atom stereocenters. The molecule has 2 aromatic carbocycles. The summed E-state index contributed by atoms with van der Waals surface area (Å²) in [6.07, 6.45) is 0.935. The van der Waals surface area contributed by atoms with Crippen LogP contribution in [0.3, 0.4) is 0 Å². The number of carbonyl (C=O) groups is 1. The summed E-state index contributed by atoms with van der Waals surface area (Å²) < 4.78 is 39.9. The van der Waals surface area contributed by atoms with Crippen LogP contribution in [0.1, 0.15) is 37.8 Å². The van der Waals surface area contributed by atoms with Gasteiger partial charge in [-0.2, -0.15) is 4.31 Å². The Labute approximate surface area is 190 Å². The first-order valence-corrected chi connectivity index (χ1v) is 12.6. The zero-order chi connectivity index (χ0) is 23.1. The summed E-state index contributed by atoms with van der Waals surface area (Å²) in [7, 11) is -3.67. The summed E-state index contributed by atoms with van der Waals surface area (Å²) in [4.78, 5) is 15.0. The Hall–Kier alpha value is -2.29. The minimum atomic E-state index is -3.67. The maximum absolute atomic E-state index is 13.1. The van der Waals surface area contributed by atoms with E-state index < -0.39 is 15.8 Å². The Kier molecular flexibility index (Phi) is 8.39. The Balaban J connectivity index is 1.48. The summed E-state index contributed by atoms with van der Waals surface area (Å²) in [6.45, 7) is 8.25. The van der Waals surface area contributed by atoms with Crippen molar-refractivity contribution >= 4 is 15.9 Å². The zero-order valence-corrected chi connectivity index (χ0v) is 19.6. The van der Waals surface area contributed by atoms with Crippen LogP contribution in [-0.2, 0) is 27.9 Å². The van der Waals surface area contributed by atoms with Crippen molar-refractivity contribution in [1.29, 1.82) is 0 Å². The molecule has 1 amide bonds. The number of piperidine rings is 1. The fraction of sp³-hybridized carbons (Fsp3) is 0.458. The third-order valence-electron chi connectivity index (χ3n) is 6.07. The predicted octanol–water partition coefficient (Wildman–Crippen LogP) is 3.38. The van der Waals surface area contributed by atoms with Gasteiger partial charge in [0, 0.05) is 32.1 Å². The highest BCUT2D eigenvalue weighted by molar-refractivity contribution is 7.89. The molecule has 1 heterocycles. The van der Waals surface area contributed by atoms with Gasteiger partial charge in [0.05, 0.1) is 4.90 Å². The molecule has 3 rings (SSSR count). The first-order valence-electron chi connectivity index (χ1n) is 11.2. The van der Waals surface area contributed by atoms with Crippen LogP contribution < -0.4 is 5.32 Å². The quantitative estimate of drug-likeness (QED) is 0.622. The largest absolute Gasteiger partial charge is 0.352 e. The van der Waals surface area contributed by atoms with Crippen molar-refractivity contribution < 1.29 is 17.6 Å². The van der Waals surface area contributed by atoms with E-state index in [2.05, 4.69) is 36.2 Å². The molecule has 0 aliphatic carbocycles. The highest BCUT2D eigenvalue weighted by atomic mass is 32.2. The maximum Gasteiger partial charge on any atom is 0.243 e. The highest BCUT2D eigenvalue weighted by Gasteiger charge is 2.32. The number of amides is 1. The summed E-state index contributed by atoms with van der Waals surface area (Å²) >= 11 is 0. The van der Waals surface area contributed by atoms with E-state index in [0.717, 1.165) is 37.3 Å². The molecule has 1 N–H and O–H groups in total. The van der Waals surface area contributed by atoms with Crippen LogP contribution in [0, 0.1) is 11.7 Å². The van der Waals surface area contributed by atoms with Gasteiger partial charge in [0.25, 0.3) is 0 Å². The first-order chi connectivity index (χ1) is 15.3. The molecule has 2 aromatic rings. The number of hydrogen-bond donors (Lipinski definition) is 1. The van der Waals surface area contributed by atoms with E-state index in [1.165, 1.54) is 22.0 Å². The van der Waals surface area contributed by atoms with Crippen LogP contribution in [0.15, 0.2) is 53.4 Å². The summed E-state index contributed by atoms with van der Waals surface area (Å²) in [5, 5.41) is 2.98. The van der Waals surface area contributed by atoms with Gasteiger partial charge in [-0.05, 0) is 61.3 Å². The molecule has 1 aliphatic heterocycles. The number of sulfonamides is 1. The summed E-state index contributed by atoms with van der Waals surface area (Å²) in [5.74, 6) is -0.731. The van der Waals surface area contributed by atoms with E-state index >= 15 is 0 Å². The van der Waals surface area contributed by atoms with E-state index in [0.29, 0.717) is 19.4 Å². The zero-order valence-electron chi connectivity index (χ0n) is 18.8. The summed E-state index contributed by atoms with van der Waals surface area (Å²) in [6, 6.07) is 13.1. The Morgan fingerprint density at radius 3 is 2.12 bits per heavy atom. The molecule has 1 saturated heterocycles. The molecule has 32 heavy (non-hydrogen) atoms. The fourth-order valence-electron chi connectivity index (χ4n) is 3.92. The molecule has 0 spiro atoms. The molecule has 6 nitrogen and oxygen atoms in total. The molecule has 0 saturated carbocycles. The first kappa shape index (κ1) is 24.4. The van der Waals surface area contributed by atoms with Gasteiger partial charge in [0.2, 0.25) is 15.9 Å². The molecule has 1 aliphatic rings. The number of hydrogen-bond acceptors (Lipinski definition) is 4. The third-order valence-corrected chi connectivity index (χ3v) is 7.98. The van der Waals surface area contributed by atoms with E-state index in [1.54, 1.807) is 0 Å². The Morgan fingerprint density at radius 2 is 1.56 bits per heavy atom. The second kappa shape index (κ2) is 11.0. The lowest BCUT2D eigenvalue weighted by Gasteiger charge is -2.30. The van der Waals surface area contributed by atoms with Crippen LogP contribution in [0.2, 0.25) is 0 Å². The second-order valence-electron chi connectivity index (χ2n) is 8.13. The van der Waals surface area contributed by atoms with Gasteiger partial charge >= 0.3 is 0 Å². The van der Waals surface area contributed by atoms with Crippen LogP contribution in [0.25, 0.3) is 0 Å². The van der Waals surface area contributed by atoms with Gasteiger partial charge in [-0.15, -0.1) is 0 Å². The minimum Gasteiger partial charge on any atom is -0.352 e. The number of carbonyl (C=O) groups excluding carboxylic acids is 1. The molecule has 0 radical (unpaired) electrons. The number of halogens is 1. The van der Waals surface area contributed by atoms with Crippen molar-refractivity contribution in [3.8, 4) is 0 Å². The Bertz CT molecular complexity index is 982. The number of nitrogens with one attached hydrogen (secondary N) is 1. The third kappa shape index (κ3) is 6.15. The number of nitrogens with zero attached hydrogens (tertiary/aromatic N) is 2. The molecular formula is C24H32FN3O3S. The molecule has 0 aromatic heterocycles. The normalized spacial score (nSPS) is 15.8. The molecule has 0 bridgehead atoms. The van der Waals surface area contributed by atoms with E-state index in [9.17, 15) is 17.6 Å². The van der Waals surface area contributed by atoms with Gasteiger partial charge in [-0.1, -0.05) is 38.1 Å². The van der Waals surface area contributed by atoms with Crippen LogP contribution in [-0.4, -0.2) is 49.7 Å². The predicted molar refractivity (Wildman–Crippen MR) is 123 cm³/mol. The molecule has 0 unspecified atom stereocenters. The van der Waals surface area contributed by atoms with Crippen LogP contribution in [0.5, 0.6) is 0 Å². The molecule has 8 heteroatoms.